The average molecular weight is 620 g/mol. The van der Waals surface area contributed by atoms with Crippen LogP contribution in [-0.4, -0.2) is 38.7 Å². The van der Waals surface area contributed by atoms with Gasteiger partial charge in [0.15, 0.2) is 17.5 Å². The summed E-state index contributed by atoms with van der Waals surface area (Å²) in [6, 6.07) is 41.4. The van der Waals surface area contributed by atoms with Gasteiger partial charge in [-0.25, -0.2) is 19.7 Å². The largest absolute Gasteiger partial charge is 0.507 e. The van der Waals surface area contributed by atoms with E-state index in [9.17, 15) is 9.90 Å². The normalized spacial score (nSPS) is 11.4. The third-order valence-electron chi connectivity index (χ3n) is 7.48. The molecule has 0 aliphatic heterocycles. The summed E-state index contributed by atoms with van der Waals surface area (Å²) in [6.45, 7) is 6.98. The number of phenols is 1. The van der Waals surface area contributed by atoms with Crippen molar-refractivity contribution in [1.29, 1.82) is 0 Å². The predicted octanol–water partition coefficient (Wildman–Crippen LogP) is 8.80. The third-order valence-corrected chi connectivity index (χ3v) is 7.48. The van der Waals surface area contributed by atoms with Crippen LogP contribution in [-0.2, 0) is 9.53 Å². The van der Waals surface area contributed by atoms with E-state index in [1.165, 1.54) is 6.07 Å². The Hall–Kier alpha value is -6.08. The van der Waals surface area contributed by atoms with Gasteiger partial charge in [-0.15, -0.1) is 0 Å². The van der Waals surface area contributed by atoms with Crippen LogP contribution in [0.15, 0.2) is 140 Å². The number of hydrogen-bond donors (Lipinski definition) is 1. The van der Waals surface area contributed by atoms with Gasteiger partial charge in [0.05, 0.1) is 5.56 Å². The van der Waals surface area contributed by atoms with E-state index < -0.39 is 12.1 Å². The van der Waals surface area contributed by atoms with Crippen molar-refractivity contribution in [2.45, 2.75) is 20.0 Å². The van der Waals surface area contributed by atoms with Gasteiger partial charge in [0, 0.05) is 22.8 Å². The van der Waals surface area contributed by atoms with E-state index in [1.54, 1.807) is 26.0 Å². The number of ether oxygens (including phenoxy) is 2. The van der Waals surface area contributed by atoms with E-state index in [0.29, 0.717) is 34.4 Å². The highest BCUT2D eigenvalue weighted by molar-refractivity contribution is 5.87. The van der Waals surface area contributed by atoms with E-state index in [4.69, 9.17) is 24.4 Å². The van der Waals surface area contributed by atoms with Crippen molar-refractivity contribution in [3.05, 3.63) is 140 Å². The minimum Gasteiger partial charge on any atom is -0.507 e. The molecular weight excluding hydrogens is 586 g/mol. The molecule has 0 amide bonds. The van der Waals surface area contributed by atoms with E-state index in [2.05, 4.69) is 30.8 Å². The van der Waals surface area contributed by atoms with Gasteiger partial charge in [-0.1, -0.05) is 116 Å². The molecule has 5 aromatic carbocycles. The molecule has 232 valence electrons. The topological polar surface area (TPSA) is 94.4 Å². The molecule has 0 saturated heterocycles. The molecule has 1 heterocycles. The fourth-order valence-electron chi connectivity index (χ4n) is 5.00. The van der Waals surface area contributed by atoms with Crippen LogP contribution in [0, 0.1) is 0 Å². The number of phenolic OH excluding ortho intramolecular Hbond substituents is 1. The smallest absolute Gasteiger partial charge is 0.333 e. The molecule has 6 aromatic rings. The number of hydrogen-bond acceptors (Lipinski definition) is 7. The van der Waals surface area contributed by atoms with E-state index >= 15 is 0 Å². The Kier molecular flexibility index (Phi) is 9.16. The third kappa shape index (κ3) is 7.43. The molecule has 0 saturated carbocycles. The van der Waals surface area contributed by atoms with Gasteiger partial charge >= 0.3 is 5.97 Å². The van der Waals surface area contributed by atoms with Crippen LogP contribution in [0.2, 0.25) is 0 Å². The van der Waals surface area contributed by atoms with E-state index in [1.807, 2.05) is 84.9 Å². The lowest BCUT2D eigenvalue weighted by atomic mass is 10.0. The molecule has 1 aromatic heterocycles. The number of esters is 1. The number of aromatic hydroxyl groups is 1. The quantitative estimate of drug-likeness (QED) is 0.121. The van der Waals surface area contributed by atoms with Crippen molar-refractivity contribution < 1.29 is 19.4 Å². The van der Waals surface area contributed by atoms with Gasteiger partial charge in [0.1, 0.15) is 24.2 Å². The van der Waals surface area contributed by atoms with Gasteiger partial charge in [-0.3, -0.25) is 0 Å². The Morgan fingerprint density at radius 1 is 0.660 bits per heavy atom. The second-order valence-electron chi connectivity index (χ2n) is 11.2. The minimum absolute atomic E-state index is 0.0422. The Morgan fingerprint density at radius 3 is 1.57 bits per heavy atom. The summed E-state index contributed by atoms with van der Waals surface area (Å²) >= 11 is 0. The van der Waals surface area contributed by atoms with Crippen molar-refractivity contribution in [3.8, 4) is 67.9 Å². The van der Waals surface area contributed by atoms with Gasteiger partial charge in [0.25, 0.3) is 0 Å². The standard InChI is InChI=1S/C40H33N3O4/c1-26(2)40(45)46-25-27(3)47-34-22-23-35(36(44)24-34)39-42-37(32-18-14-30(15-19-32)28-10-6-4-7-11-28)41-38(43-39)33-20-16-31(17-21-33)29-12-8-5-9-13-29/h4-24,27,44H,1,25H2,2-3H3. The Bertz CT molecular complexity index is 1910. The lowest BCUT2D eigenvalue weighted by molar-refractivity contribution is -0.141. The first-order chi connectivity index (χ1) is 22.8. The van der Waals surface area contributed by atoms with Crippen LogP contribution < -0.4 is 4.74 Å². The number of carbonyl (C=O) groups excluding carboxylic acids is 1. The molecule has 6 rings (SSSR count). The summed E-state index contributed by atoms with van der Waals surface area (Å²) in [5.74, 6) is 1.14. The fourth-order valence-corrected chi connectivity index (χ4v) is 5.00. The molecule has 1 unspecified atom stereocenters. The van der Waals surface area contributed by atoms with Gasteiger partial charge in [0.2, 0.25) is 0 Å². The van der Waals surface area contributed by atoms with Gasteiger partial charge in [-0.05, 0) is 48.2 Å². The van der Waals surface area contributed by atoms with Crippen LogP contribution in [0.25, 0.3) is 56.4 Å². The zero-order valence-corrected chi connectivity index (χ0v) is 26.1. The molecule has 0 aliphatic carbocycles. The summed E-state index contributed by atoms with van der Waals surface area (Å²) < 4.78 is 11.1. The first kappa shape index (κ1) is 30.9. The maximum atomic E-state index is 11.7. The first-order valence-corrected chi connectivity index (χ1v) is 15.2. The van der Waals surface area contributed by atoms with Crippen LogP contribution in [0.5, 0.6) is 11.5 Å². The Labute approximate surface area is 273 Å². The summed E-state index contributed by atoms with van der Waals surface area (Å²) in [5, 5.41) is 11.1. The number of nitrogens with zero attached hydrogens (tertiary/aromatic N) is 3. The molecule has 0 aliphatic rings. The summed E-state index contributed by atoms with van der Waals surface area (Å²) in [5.41, 5.74) is 6.76. The average Bonchev–Trinajstić information content (AvgIpc) is 3.11. The second kappa shape index (κ2) is 13.9. The van der Waals surface area contributed by atoms with Crippen LogP contribution in [0.4, 0.5) is 0 Å². The van der Waals surface area contributed by atoms with Gasteiger partial charge < -0.3 is 14.6 Å². The van der Waals surface area contributed by atoms with E-state index in [-0.39, 0.29) is 12.4 Å². The Morgan fingerprint density at radius 2 is 1.11 bits per heavy atom. The molecule has 1 atom stereocenters. The zero-order valence-electron chi connectivity index (χ0n) is 26.1. The van der Waals surface area contributed by atoms with Crippen molar-refractivity contribution >= 4 is 5.97 Å². The molecule has 47 heavy (non-hydrogen) atoms. The number of benzene rings is 5. The molecular formula is C40H33N3O4. The fraction of sp³-hybridized carbons (Fsp3) is 0.100. The lowest BCUT2D eigenvalue weighted by Crippen LogP contribution is -2.21. The van der Waals surface area contributed by atoms with Crippen molar-refractivity contribution in [3.63, 3.8) is 0 Å². The number of rotatable bonds is 10. The molecule has 7 heteroatoms. The predicted molar refractivity (Wildman–Crippen MR) is 185 cm³/mol. The number of carbonyl (C=O) groups is 1. The van der Waals surface area contributed by atoms with Crippen LogP contribution >= 0.6 is 0 Å². The maximum absolute atomic E-state index is 11.7. The molecule has 1 N–H and O–H groups in total. The summed E-state index contributed by atoms with van der Waals surface area (Å²) in [6.07, 6.45) is -0.448. The zero-order chi connectivity index (χ0) is 32.8. The first-order valence-electron chi connectivity index (χ1n) is 15.2. The second-order valence-corrected chi connectivity index (χ2v) is 11.2. The van der Waals surface area contributed by atoms with Gasteiger partial charge in [-0.2, -0.15) is 0 Å². The monoisotopic (exact) mass is 619 g/mol. The van der Waals surface area contributed by atoms with Crippen molar-refractivity contribution in [2.24, 2.45) is 0 Å². The summed E-state index contributed by atoms with van der Waals surface area (Å²) in [4.78, 5) is 26.2. The highest BCUT2D eigenvalue weighted by Gasteiger charge is 2.17. The molecule has 0 bridgehead atoms. The number of aromatic nitrogens is 3. The Balaban J connectivity index is 1.34. The summed E-state index contributed by atoms with van der Waals surface area (Å²) in [7, 11) is 0. The highest BCUT2D eigenvalue weighted by atomic mass is 16.6. The molecule has 0 radical (unpaired) electrons. The SMILES string of the molecule is C=C(C)C(=O)OCC(C)Oc1ccc(-c2nc(-c3ccc(-c4ccccc4)cc3)nc(-c3ccc(-c4ccccc4)cc3)n2)c(O)c1. The van der Waals surface area contributed by atoms with Crippen LogP contribution in [0.3, 0.4) is 0 Å². The maximum Gasteiger partial charge on any atom is 0.333 e. The highest BCUT2D eigenvalue weighted by Crippen LogP contribution is 2.34. The molecule has 0 spiro atoms. The lowest BCUT2D eigenvalue weighted by Gasteiger charge is -2.16. The minimum atomic E-state index is -0.482. The molecule has 7 nitrogen and oxygen atoms in total. The van der Waals surface area contributed by atoms with Crippen molar-refractivity contribution in [2.75, 3.05) is 6.61 Å². The van der Waals surface area contributed by atoms with E-state index in [0.717, 1.165) is 33.4 Å². The van der Waals surface area contributed by atoms with Crippen molar-refractivity contribution in [1.82, 2.24) is 15.0 Å². The molecule has 0 fully saturated rings. The van der Waals surface area contributed by atoms with Crippen LogP contribution in [0.1, 0.15) is 13.8 Å².